The summed E-state index contributed by atoms with van der Waals surface area (Å²) in [7, 11) is 1.64. The molecular weight excluding hydrogens is 486 g/mol. The molecule has 196 valence electrons. The molecule has 0 radical (unpaired) electrons. The number of carbonyl (C=O) groups is 1. The Bertz CT molecular complexity index is 1640. The Kier molecular flexibility index (Phi) is 6.40. The van der Waals surface area contributed by atoms with Crippen molar-refractivity contribution >= 4 is 6.03 Å². The third-order valence-corrected chi connectivity index (χ3v) is 7.28. The van der Waals surface area contributed by atoms with Gasteiger partial charge in [0.15, 0.2) is 0 Å². The van der Waals surface area contributed by atoms with E-state index in [0.29, 0.717) is 13.1 Å². The number of fused-ring (bicyclic) bond motifs is 3. The molecule has 1 aliphatic heterocycles. The number of aromatic nitrogens is 3. The van der Waals surface area contributed by atoms with Gasteiger partial charge in [-0.05, 0) is 61.4 Å². The van der Waals surface area contributed by atoms with Gasteiger partial charge < -0.3 is 19.5 Å². The molecule has 6 rings (SSSR count). The topological polar surface area (TPSA) is 64.3 Å². The monoisotopic (exact) mass is 517 g/mol. The van der Waals surface area contributed by atoms with Gasteiger partial charge in [0.2, 0.25) is 0 Å². The molecule has 39 heavy (non-hydrogen) atoms. The molecule has 0 spiro atoms. The number of hydrogen-bond donors (Lipinski definition) is 1. The fourth-order valence-electron chi connectivity index (χ4n) is 5.40. The average molecular weight is 518 g/mol. The predicted molar refractivity (Wildman–Crippen MR) is 151 cm³/mol. The van der Waals surface area contributed by atoms with E-state index in [0.717, 1.165) is 50.9 Å². The molecule has 0 saturated carbocycles. The standard InChI is InChI=1S/C32H31N5O2/c1-22-10-7-12-25(18-22)30-29-16-9-17-35(29)31-28(23(2)34-37(31)26-13-5-4-6-14-26)21-36(30)32(38)33-20-24-11-8-15-27(19-24)39-3/h4-19,30H,20-21H2,1-3H3,(H,33,38)/t30-/m0/s1. The molecule has 1 N–H and O–H groups in total. The summed E-state index contributed by atoms with van der Waals surface area (Å²) in [6, 6.07) is 30.0. The average Bonchev–Trinajstić information content (AvgIpc) is 3.52. The number of amides is 2. The lowest BCUT2D eigenvalue weighted by Gasteiger charge is -2.31. The van der Waals surface area contributed by atoms with Crippen molar-refractivity contribution in [1.82, 2.24) is 24.6 Å². The van der Waals surface area contributed by atoms with Crippen LogP contribution in [0.15, 0.2) is 97.2 Å². The van der Waals surface area contributed by atoms with E-state index in [9.17, 15) is 4.79 Å². The van der Waals surface area contributed by atoms with Crippen LogP contribution in [0.4, 0.5) is 4.79 Å². The first-order chi connectivity index (χ1) is 19.0. The molecule has 5 aromatic rings. The Hall–Kier alpha value is -4.78. The SMILES string of the molecule is COc1cccc(CNC(=O)N2Cc3c(C)nn(-c4ccccc4)c3-n3cccc3[C@@H]2c2cccc(C)c2)c1. The summed E-state index contributed by atoms with van der Waals surface area (Å²) in [6.45, 7) is 4.90. The van der Waals surface area contributed by atoms with Gasteiger partial charge in [0, 0.05) is 18.3 Å². The van der Waals surface area contributed by atoms with E-state index in [1.54, 1.807) is 7.11 Å². The van der Waals surface area contributed by atoms with E-state index < -0.39 is 0 Å². The number of urea groups is 1. The number of nitrogens with one attached hydrogen (secondary N) is 1. The molecule has 0 saturated heterocycles. The molecule has 3 aromatic carbocycles. The maximum Gasteiger partial charge on any atom is 0.318 e. The van der Waals surface area contributed by atoms with Gasteiger partial charge >= 0.3 is 6.03 Å². The van der Waals surface area contributed by atoms with Crippen LogP contribution in [0, 0.1) is 13.8 Å². The summed E-state index contributed by atoms with van der Waals surface area (Å²) in [6.07, 6.45) is 2.06. The second-order valence-corrected chi connectivity index (χ2v) is 9.89. The number of nitrogens with zero attached hydrogens (tertiary/aromatic N) is 4. The van der Waals surface area contributed by atoms with E-state index in [-0.39, 0.29) is 12.1 Å². The van der Waals surface area contributed by atoms with E-state index in [2.05, 4.69) is 65.5 Å². The maximum atomic E-state index is 14.0. The van der Waals surface area contributed by atoms with Gasteiger partial charge in [-0.3, -0.25) is 0 Å². The number of rotatable bonds is 5. The van der Waals surface area contributed by atoms with Crippen LogP contribution in [-0.4, -0.2) is 32.4 Å². The Morgan fingerprint density at radius 1 is 0.974 bits per heavy atom. The highest BCUT2D eigenvalue weighted by Gasteiger charge is 2.36. The zero-order chi connectivity index (χ0) is 26.9. The van der Waals surface area contributed by atoms with Crippen LogP contribution in [-0.2, 0) is 13.1 Å². The fourth-order valence-corrected chi connectivity index (χ4v) is 5.40. The maximum absolute atomic E-state index is 14.0. The summed E-state index contributed by atoms with van der Waals surface area (Å²) in [4.78, 5) is 16.0. The van der Waals surface area contributed by atoms with Crippen molar-refractivity contribution in [2.24, 2.45) is 0 Å². The molecule has 0 unspecified atom stereocenters. The van der Waals surface area contributed by atoms with Crippen LogP contribution in [0.3, 0.4) is 0 Å². The summed E-state index contributed by atoms with van der Waals surface area (Å²) in [5, 5.41) is 8.09. The van der Waals surface area contributed by atoms with Crippen molar-refractivity contribution in [3.05, 3.63) is 131 Å². The predicted octanol–water partition coefficient (Wildman–Crippen LogP) is 6.10. The molecule has 3 heterocycles. The molecule has 1 atom stereocenters. The van der Waals surface area contributed by atoms with Gasteiger partial charge in [-0.15, -0.1) is 0 Å². The van der Waals surface area contributed by atoms with Gasteiger partial charge in [0.05, 0.1) is 36.8 Å². The Morgan fingerprint density at radius 3 is 2.59 bits per heavy atom. The highest BCUT2D eigenvalue weighted by Crippen LogP contribution is 2.38. The molecule has 1 aliphatic rings. The fraction of sp³-hybridized carbons (Fsp3) is 0.188. The third kappa shape index (κ3) is 4.56. The van der Waals surface area contributed by atoms with Gasteiger partial charge in [0.25, 0.3) is 0 Å². The number of carbonyl (C=O) groups excluding carboxylic acids is 1. The molecule has 2 aromatic heterocycles. The third-order valence-electron chi connectivity index (χ3n) is 7.28. The van der Waals surface area contributed by atoms with Crippen LogP contribution in [0.1, 0.15) is 39.7 Å². The van der Waals surface area contributed by atoms with Crippen LogP contribution in [0.5, 0.6) is 5.75 Å². The largest absolute Gasteiger partial charge is 0.497 e. The highest BCUT2D eigenvalue weighted by molar-refractivity contribution is 5.76. The minimum absolute atomic E-state index is 0.142. The molecular formula is C32H31N5O2. The van der Waals surface area contributed by atoms with Crippen molar-refractivity contribution in [2.75, 3.05) is 7.11 Å². The first kappa shape index (κ1) is 24.6. The van der Waals surface area contributed by atoms with E-state index in [1.165, 1.54) is 0 Å². The van der Waals surface area contributed by atoms with Gasteiger partial charge in [0.1, 0.15) is 11.6 Å². The van der Waals surface area contributed by atoms with E-state index in [4.69, 9.17) is 9.84 Å². The normalized spacial score (nSPS) is 14.3. The Labute approximate surface area is 228 Å². The van der Waals surface area contributed by atoms with Gasteiger partial charge in [-0.25, -0.2) is 9.48 Å². The van der Waals surface area contributed by atoms with Crippen LogP contribution >= 0.6 is 0 Å². The van der Waals surface area contributed by atoms with Crippen LogP contribution in [0.25, 0.3) is 11.5 Å². The van der Waals surface area contributed by atoms with Crippen molar-refractivity contribution in [3.63, 3.8) is 0 Å². The molecule has 0 bridgehead atoms. The Balaban J connectivity index is 1.46. The van der Waals surface area contributed by atoms with E-state index >= 15 is 0 Å². The lowest BCUT2D eigenvalue weighted by atomic mass is 10.00. The summed E-state index contributed by atoms with van der Waals surface area (Å²) < 4.78 is 9.54. The number of benzene rings is 3. The van der Waals surface area contributed by atoms with Crippen molar-refractivity contribution < 1.29 is 9.53 Å². The second-order valence-electron chi connectivity index (χ2n) is 9.89. The summed E-state index contributed by atoms with van der Waals surface area (Å²) >= 11 is 0. The first-order valence-corrected chi connectivity index (χ1v) is 13.1. The number of aryl methyl sites for hydroxylation is 2. The van der Waals surface area contributed by atoms with Crippen molar-refractivity contribution in [1.29, 1.82) is 0 Å². The number of hydrogen-bond acceptors (Lipinski definition) is 3. The zero-order valence-corrected chi connectivity index (χ0v) is 22.3. The molecule has 0 aliphatic carbocycles. The number of para-hydroxylation sites is 1. The quantitative estimate of drug-likeness (QED) is 0.306. The number of ether oxygens (including phenoxy) is 1. The molecule has 7 heteroatoms. The highest BCUT2D eigenvalue weighted by atomic mass is 16.5. The molecule has 0 fully saturated rings. The first-order valence-electron chi connectivity index (χ1n) is 13.1. The molecule has 7 nitrogen and oxygen atoms in total. The second kappa shape index (κ2) is 10.2. The van der Waals surface area contributed by atoms with Crippen LogP contribution < -0.4 is 10.1 Å². The number of methoxy groups -OCH3 is 1. The Morgan fingerprint density at radius 2 is 1.79 bits per heavy atom. The van der Waals surface area contributed by atoms with Crippen molar-refractivity contribution in [3.8, 4) is 17.3 Å². The van der Waals surface area contributed by atoms with Crippen molar-refractivity contribution in [2.45, 2.75) is 33.0 Å². The minimum atomic E-state index is -0.291. The van der Waals surface area contributed by atoms with Gasteiger partial charge in [-0.1, -0.05) is 60.2 Å². The lowest BCUT2D eigenvalue weighted by Crippen LogP contribution is -2.41. The molecule has 2 amide bonds. The summed E-state index contributed by atoms with van der Waals surface area (Å²) in [5.41, 5.74) is 7.08. The summed E-state index contributed by atoms with van der Waals surface area (Å²) in [5.74, 6) is 1.72. The van der Waals surface area contributed by atoms with Crippen LogP contribution in [0.2, 0.25) is 0 Å². The van der Waals surface area contributed by atoms with Gasteiger partial charge in [-0.2, -0.15) is 5.10 Å². The smallest absolute Gasteiger partial charge is 0.318 e. The minimum Gasteiger partial charge on any atom is -0.497 e. The van der Waals surface area contributed by atoms with E-state index in [1.807, 2.05) is 65.0 Å². The lowest BCUT2D eigenvalue weighted by molar-refractivity contribution is 0.180. The zero-order valence-electron chi connectivity index (χ0n) is 22.3.